The molecular formula is C21H34N2O4. The van der Waals surface area contributed by atoms with Crippen LogP contribution >= 0.6 is 0 Å². The van der Waals surface area contributed by atoms with Crippen LogP contribution in [0.25, 0.3) is 0 Å². The normalized spacial score (nSPS) is 12.1. The Morgan fingerprint density at radius 2 is 1.85 bits per heavy atom. The third-order valence-electron chi connectivity index (χ3n) is 4.75. The summed E-state index contributed by atoms with van der Waals surface area (Å²) in [4.78, 5) is 37.8. The maximum atomic E-state index is 13.1. The summed E-state index contributed by atoms with van der Waals surface area (Å²) < 4.78 is 6.53. The van der Waals surface area contributed by atoms with Crippen molar-refractivity contribution in [2.45, 2.75) is 79.3 Å². The third-order valence-corrected chi connectivity index (χ3v) is 4.75. The number of carbonyl (C=O) groups excluding carboxylic acids is 2. The summed E-state index contributed by atoms with van der Waals surface area (Å²) in [6.07, 6.45) is 4.32. The number of unbranched alkanes of at least 4 members (excludes halogenated alkanes) is 1. The van der Waals surface area contributed by atoms with E-state index in [-0.39, 0.29) is 17.0 Å². The van der Waals surface area contributed by atoms with Crippen LogP contribution in [0.3, 0.4) is 0 Å². The highest BCUT2D eigenvalue weighted by atomic mass is 16.5. The first-order chi connectivity index (χ1) is 12.8. The Labute approximate surface area is 162 Å². The van der Waals surface area contributed by atoms with Crippen molar-refractivity contribution in [3.63, 3.8) is 0 Å². The zero-order chi connectivity index (χ0) is 20.6. The number of hydrogen-bond donors (Lipinski definition) is 1. The maximum Gasteiger partial charge on any atom is 0.328 e. The smallest absolute Gasteiger partial charge is 0.328 e. The number of rotatable bonds is 10. The lowest BCUT2D eigenvalue weighted by Gasteiger charge is -2.21. The van der Waals surface area contributed by atoms with Gasteiger partial charge in [0.25, 0.3) is 11.5 Å². The maximum absolute atomic E-state index is 13.1. The number of ether oxygens (including phenoxy) is 1. The summed E-state index contributed by atoms with van der Waals surface area (Å²) in [5, 5.41) is 2.68. The fourth-order valence-electron chi connectivity index (χ4n) is 3.16. The Balaban J connectivity index is 3.39. The van der Waals surface area contributed by atoms with E-state index in [1.54, 1.807) is 10.6 Å². The number of methoxy groups -OCH3 is 1. The molecule has 0 fully saturated rings. The van der Waals surface area contributed by atoms with Gasteiger partial charge in [-0.15, -0.1) is 0 Å². The first-order valence-corrected chi connectivity index (χ1v) is 9.96. The number of carbonyl (C=O) groups is 2. The van der Waals surface area contributed by atoms with Gasteiger partial charge < -0.3 is 14.6 Å². The van der Waals surface area contributed by atoms with Crippen molar-refractivity contribution in [1.29, 1.82) is 0 Å². The first-order valence-electron chi connectivity index (χ1n) is 9.96. The molecule has 0 aliphatic carbocycles. The van der Waals surface area contributed by atoms with Gasteiger partial charge in [0, 0.05) is 12.2 Å². The van der Waals surface area contributed by atoms with Crippen LogP contribution < -0.4 is 10.9 Å². The van der Waals surface area contributed by atoms with Gasteiger partial charge in [-0.2, -0.15) is 0 Å². The van der Waals surface area contributed by atoms with Gasteiger partial charge in [0.05, 0.1) is 7.11 Å². The Bertz CT molecular complexity index is 707. The second kappa shape index (κ2) is 10.9. The molecule has 6 heteroatoms. The quantitative estimate of drug-likeness (QED) is 0.635. The minimum Gasteiger partial charge on any atom is -0.467 e. The molecule has 0 saturated heterocycles. The Morgan fingerprint density at radius 3 is 2.33 bits per heavy atom. The predicted molar refractivity (Wildman–Crippen MR) is 107 cm³/mol. The minimum absolute atomic E-state index is 0.0948. The molecule has 0 bridgehead atoms. The highest BCUT2D eigenvalue weighted by molar-refractivity contribution is 5.96. The van der Waals surface area contributed by atoms with E-state index in [9.17, 15) is 14.4 Å². The summed E-state index contributed by atoms with van der Waals surface area (Å²) in [6.45, 7) is 10.4. The molecule has 0 radical (unpaired) electrons. The lowest BCUT2D eigenvalue weighted by molar-refractivity contribution is -0.144. The van der Waals surface area contributed by atoms with E-state index in [1.165, 1.54) is 7.11 Å². The molecule has 27 heavy (non-hydrogen) atoms. The van der Waals surface area contributed by atoms with Crippen LogP contribution in [0.4, 0.5) is 0 Å². The molecular weight excluding hydrogens is 344 g/mol. The van der Waals surface area contributed by atoms with Crippen molar-refractivity contribution >= 4 is 11.9 Å². The number of aromatic nitrogens is 1. The van der Waals surface area contributed by atoms with Crippen LogP contribution in [-0.4, -0.2) is 29.6 Å². The summed E-state index contributed by atoms with van der Waals surface area (Å²) >= 11 is 0. The number of amides is 1. The van der Waals surface area contributed by atoms with E-state index in [0.29, 0.717) is 6.54 Å². The molecule has 1 N–H and O–H groups in total. The molecule has 1 aromatic rings. The third kappa shape index (κ3) is 5.68. The number of nitrogens with one attached hydrogen (secondary N) is 1. The topological polar surface area (TPSA) is 77.4 Å². The predicted octanol–water partition coefficient (Wildman–Crippen LogP) is 3.09. The van der Waals surface area contributed by atoms with Gasteiger partial charge in [-0.1, -0.05) is 47.5 Å². The van der Waals surface area contributed by atoms with Crippen molar-refractivity contribution in [1.82, 2.24) is 9.88 Å². The fraction of sp³-hybridized carbons (Fsp3) is 0.667. The van der Waals surface area contributed by atoms with Crippen LogP contribution in [0.5, 0.6) is 0 Å². The van der Waals surface area contributed by atoms with Crippen LogP contribution in [0, 0.1) is 5.92 Å². The van der Waals surface area contributed by atoms with Crippen LogP contribution in [-0.2, 0) is 28.9 Å². The van der Waals surface area contributed by atoms with Gasteiger partial charge in [0.15, 0.2) is 0 Å². The molecule has 152 valence electrons. The highest BCUT2D eigenvalue weighted by Gasteiger charge is 2.27. The van der Waals surface area contributed by atoms with Crippen molar-refractivity contribution < 1.29 is 14.3 Å². The van der Waals surface area contributed by atoms with Crippen molar-refractivity contribution in [2.75, 3.05) is 7.11 Å². The summed E-state index contributed by atoms with van der Waals surface area (Å²) in [5.74, 6) is -1.18. The summed E-state index contributed by atoms with van der Waals surface area (Å²) in [6, 6.07) is 0.908. The average molecular weight is 379 g/mol. The highest BCUT2D eigenvalue weighted by Crippen LogP contribution is 2.14. The van der Waals surface area contributed by atoms with E-state index in [0.717, 1.165) is 43.4 Å². The Kier molecular flexibility index (Phi) is 9.26. The average Bonchev–Trinajstić information content (AvgIpc) is 2.65. The van der Waals surface area contributed by atoms with Gasteiger partial charge in [-0.3, -0.25) is 9.59 Å². The van der Waals surface area contributed by atoms with Gasteiger partial charge >= 0.3 is 5.97 Å². The van der Waals surface area contributed by atoms with Gasteiger partial charge in [-0.05, 0) is 36.8 Å². The van der Waals surface area contributed by atoms with E-state index in [2.05, 4.69) is 19.2 Å². The molecule has 6 nitrogen and oxygen atoms in total. The molecule has 1 aromatic heterocycles. The second-order valence-electron chi connectivity index (χ2n) is 7.16. The van der Waals surface area contributed by atoms with E-state index >= 15 is 0 Å². The van der Waals surface area contributed by atoms with Crippen molar-refractivity contribution in [2.24, 2.45) is 5.92 Å². The SMILES string of the molecule is CCCCn1c(CCC)c(CC)cc(C(=O)NC(C(=O)OC)C(C)C)c1=O. The lowest BCUT2D eigenvalue weighted by atomic mass is 10.0. The van der Waals surface area contributed by atoms with Gasteiger partial charge in [-0.25, -0.2) is 4.79 Å². The van der Waals surface area contributed by atoms with E-state index < -0.39 is 17.9 Å². The first kappa shape index (κ1) is 22.9. The molecule has 1 heterocycles. The van der Waals surface area contributed by atoms with E-state index in [1.807, 2.05) is 20.8 Å². The molecule has 0 saturated carbocycles. The standard InChI is InChI=1S/C21H34N2O4/c1-7-10-12-23-17(11-8-2)15(9-3)13-16(20(23)25)19(24)22-18(14(4)5)21(26)27-6/h13-14,18H,7-12H2,1-6H3,(H,22,24). The molecule has 0 aliphatic rings. The molecule has 0 aromatic carbocycles. The molecule has 1 atom stereocenters. The van der Waals surface area contributed by atoms with Gasteiger partial charge in [0.2, 0.25) is 0 Å². The lowest BCUT2D eigenvalue weighted by Crippen LogP contribution is -2.47. The molecule has 0 spiro atoms. The van der Waals surface area contributed by atoms with Gasteiger partial charge in [0.1, 0.15) is 11.6 Å². The minimum atomic E-state index is -0.786. The number of nitrogens with zero attached hydrogens (tertiary/aromatic N) is 1. The fourth-order valence-corrected chi connectivity index (χ4v) is 3.16. The molecule has 1 unspecified atom stereocenters. The zero-order valence-corrected chi connectivity index (χ0v) is 17.6. The zero-order valence-electron chi connectivity index (χ0n) is 17.6. The summed E-state index contributed by atoms with van der Waals surface area (Å²) in [5.41, 5.74) is 1.84. The Hall–Kier alpha value is -2.11. The van der Waals surface area contributed by atoms with Crippen molar-refractivity contribution in [3.8, 4) is 0 Å². The number of esters is 1. The largest absolute Gasteiger partial charge is 0.467 e. The van der Waals surface area contributed by atoms with Crippen molar-refractivity contribution in [3.05, 3.63) is 33.2 Å². The van der Waals surface area contributed by atoms with Crippen LogP contribution in [0.2, 0.25) is 0 Å². The monoisotopic (exact) mass is 378 g/mol. The van der Waals surface area contributed by atoms with E-state index in [4.69, 9.17) is 4.74 Å². The number of aryl methyl sites for hydroxylation is 1. The number of pyridine rings is 1. The Morgan fingerprint density at radius 1 is 1.19 bits per heavy atom. The molecule has 0 aliphatic heterocycles. The second-order valence-corrected chi connectivity index (χ2v) is 7.16. The molecule has 1 rings (SSSR count). The van der Waals surface area contributed by atoms with Crippen LogP contribution in [0.15, 0.2) is 10.9 Å². The summed E-state index contributed by atoms with van der Waals surface area (Å²) in [7, 11) is 1.29. The number of hydrogen-bond acceptors (Lipinski definition) is 4. The van der Waals surface area contributed by atoms with Crippen LogP contribution in [0.1, 0.15) is 75.5 Å². The molecule has 1 amide bonds.